The van der Waals surface area contributed by atoms with Crippen molar-refractivity contribution in [1.29, 1.82) is 0 Å². The maximum Gasteiger partial charge on any atom is 0.231 e. The van der Waals surface area contributed by atoms with Crippen molar-refractivity contribution in [2.45, 2.75) is 13.0 Å². The minimum atomic E-state index is 0.0292. The Balaban J connectivity index is 1.82. The van der Waals surface area contributed by atoms with Crippen LogP contribution in [0.5, 0.6) is 11.5 Å². The number of hydrogen-bond acceptors (Lipinski definition) is 3. The fourth-order valence-electron chi connectivity index (χ4n) is 2.17. The molecular weight excluding hydrogens is 297 g/mol. The summed E-state index contributed by atoms with van der Waals surface area (Å²) < 4.78 is 10.6. The molecule has 20 heavy (non-hydrogen) atoms. The molecule has 0 amide bonds. The topological polar surface area (TPSA) is 30.5 Å². The van der Waals surface area contributed by atoms with Gasteiger partial charge in [0.2, 0.25) is 6.79 Å². The molecule has 3 rings (SSSR count). The summed E-state index contributed by atoms with van der Waals surface area (Å²) in [6.07, 6.45) is 0. The second-order valence-corrected chi connectivity index (χ2v) is 5.36. The zero-order valence-electron chi connectivity index (χ0n) is 10.8. The van der Waals surface area contributed by atoms with Crippen molar-refractivity contribution in [1.82, 2.24) is 0 Å². The Morgan fingerprint density at radius 2 is 1.90 bits per heavy atom. The summed E-state index contributed by atoms with van der Waals surface area (Å²) in [4.78, 5) is 0. The van der Waals surface area contributed by atoms with Gasteiger partial charge in [-0.3, -0.25) is 0 Å². The van der Waals surface area contributed by atoms with Crippen LogP contribution < -0.4 is 14.8 Å². The molecule has 3 nitrogen and oxygen atoms in total. The van der Waals surface area contributed by atoms with Gasteiger partial charge in [-0.2, -0.15) is 0 Å². The number of hydrogen-bond donors (Lipinski definition) is 1. The first-order valence-electron chi connectivity index (χ1n) is 6.25. The lowest BCUT2D eigenvalue weighted by Crippen LogP contribution is -2.07. The van der Waals surface area contributed by atoms with Crippen LogP contribution in [0.25, 0.3) is 0 Å². The zero-order valence-corrected chi connectivity index (χ0v) is 12.3. The van der Waals surface area contributed by atoms with E-state index in [1.807, 2.05) is 37.3 Å². The van der Waals surface area contributed by atoms with Gasteiger partial charge in [0.15, 0.2) is 11.5 Å². The van der Waals surface area contributed by atoms with Gasteiger partial charge in [0.1, 0.15) is 0 Å². The molecule has 0 aromatic heterocycles. The fourth-order valence-corrected chi connectivity index (χ4v) is 2.64. The highest BCUT2D eigenvalue weighted by Crippen LogP contribution is 2.36. The molecule has 104 valence electrons. The number of rotatable bonds is 3. The summed E-state index contributed by atoms with van der Waals surface area (Å²) in [7, 11) is 0. The van der Waals surface area contributed by atoms with Gasteiger partial charge in [-0.15, -0.1) is 0 Å². The standard InChI is InChI=1S/C15H13Cl2NO2/c1-9(11-3-2-4-12(16)15(11)17)18-10-5-6-13-14(7-10)20-8-19-13/h2-7,9,18H,8H2,1H3. The molecule has 1 atom stereocenters. The smallest absolute Gasteiger partial charge is 0.231 e. The minimum absolute atomic E-state index is 0.0292. The lowest BCUT2D eigenvalue weighted by molar-refractivity contribution is 0.174. The third-order valence-corrected chi connectivity index (χ3v) is 4.04. The molecule has 0 aliphatic carbocycles. The van der Waals surface area contributed by atoms with Crippen molar-refractivity contribution in [2.75, 3.05) is 12.1 Å². The average Bonchev–Trinajstić information content (AvgIpc) is 2.89. The van der Waals surface area contributed by atoms with Crippen molar-refractivity contribution < 1.29 is 9.47 Å². The largest absolute Gasteiger partial charge is 0.454 e. The van der Waals surface area contributed by atoms with Gasteiger partial charge in [0.25, 0.3) is 0 Å². The Morgan fingerprint density at radius 1 is 1.10 bits per heavy atom. The highest BCUT2D eigenvalue weighted by Gasteiger charge is 2.15. The van der Waals surface area contributed by atoms with Gasteiger partial charge in [0, 0.05) is 11.8 Å². The van der Waals surface area contributed by atoms with Gasteiger partial charge < -0.3 is 14.8 Å². The molecular formula is C15H13Cl2NO2. The molecule has 2 aromatic rings. The summed E-state index contributed by atoms with van der Waals surface area (Å²) >= 11 is 12.3. The number of benzene rings is 2. The summed E-state index contributed by atoms with van der Waals surface area (Å²) in [5, 5.41) is 4.51. The van der Waals surface area contributed by atoms with Crippen molar-refractivity contribution in [3.63, 3.8) is 0 Å². The second kappa shape index (κ2) is 5.43. The van der Waals surface area contributed by atoms with E-state index >= 15 is 0 Å². The summed E-state index contributed by atoms with van der Waals surface area (Å²) in [5.41, 5.74) is 1.90. The molecule has 0 fully saturated rings. The molecule has 1 aliphatic heterocycles. The lowest BCUT2D eigenvalue weighted by atomic mass is 10.1. The first-order valence-corrected chi connectivity index (χ1v) is 7.01. The third kappa shape index (κ3) is 2.51. The van der Waals surface area contributed by atoms with Crippen LogP contribution >= 0.6 is 23.2 Å². The maximum absolute atomic E-state index is 6.23. The molecule has 2 aromatic carbocycles. The molecule has 1 heterocycles. The fraction of sp³-hybridized carbons (Fsp3) is 0.200. The number of anilines is 1. The Hall–Kier alpha value is -1.58. The van der Waals surface area contributed by atoms with Crippen molar-refractivity contribution in [3.8, 4) is 11.5 Å². The predicted molar refractivity (Wildman–Crippen MR) is 81.1 cm³/mol. The van der Waals surface area contributed by atoms with Gasteiger partial charge in [-0.05, 0) is 30.7 Å². The molecule has 1 unspecified atom stereocenters. The number of ether oxygens (including phenoxy) is 2. The predicted octanol–water partition coefficient (Wildman–Crippen LogP) is 4.90. The van der Waals surface area contributed by atoms with Crippen molar-refractivity contribution >= 4 is 28.9 Å². The molecule has 0 saturated heterocycles. The minimum Gasteiger partial charge on any atom is -0.454 e. The lowest BCUT2D eigenvalue weighted by Gasteiger charge is -2.17. The first kappa shape index (κ1) is 13.4. The van der Waals surface area contributed by atoms with E-state index in [2.05, 4.69) is 5.32 Å². The maximum atomic E-state index is 6.23. The number of halogens is 2. The van der Waals surface area contributed by atoms with Crippen molar-refractivity contribution in [2.24, 2.45) is 0 Å². The van der Waals surface area contributed by atoms with Crippen LogP contribution in [0.3, 0.4) is 0 Å². The van der Waals surface area contributed by atoms with Crippen LogP contribution in [0.1, 0.15) is 18.5 Å². The Kier molecular flexibility index (Phi) is 3.64. The van der Waals surface area contributed by atoms with Crippen LogP contribution in [0.15, 0.2) is 36.4 Å². The van der Waals surface area contributed by atoms with Crippen molar-refractivity contribution in [3.05, 3.63) is 52.0 Å². The van der Waals surface area contributed by atoms with Gasteiger partial charge >= 0.3 is 0 Å². The molecule has 5 heteroatoms. The van der Waals surface area contributed by atoms with E-state index in [1.54, 1.807) is 6.07 Å². The summed E-state index contributed by atoms with van der Waals surface area (Å²) in [5.74, 6) is 1.52. The normalized spacial score (nSPS) is 14.2. The third-order valence-electron chi connectivity index (χ3n) is 3.20. The van der Waals surface area contributed by atoms with Crippen LogP contribution in [0, 0.1) is 0 Å². The second-order valence-electron chi connectivity index (χ2n) is 4.58. The summed E-state index contributed by atoms with van der Waals surface area (Å²) in [6.45, 7) is 2.30. The van der Waals surface area contributed by atoms with E-state index in [0.717, 1.165) is 22.7 Å². The van der Waals surface area contributed by atoms with E-state index in [1.165, 1.54) is 0 Å². The SMILES string of the molecule is CC(Nc1ccc2c(c1)OCO2)c1cccc(Cl)c1Cl. The molecule has 0 bridgehead atoms. The van der Waals surface area contributed by atoms with E-state index in [9.17, 15) is 0 Å². The Labute approximate surface area is 127 Å². The quantitative estimate of drug-likeness (QED) is 0.875. The molecule has 0 radical (unpaired) electrons. The van der Waals surface area contributed by atoms with E-state index in [-0.39, 0.29) is 12.8 Å². The average molecular weight is 310 g/mol. The molecule has 0 spiro atoms. The zero-order chi connectivity index (χ0) is 14.1. The van der Waals surface area contributed by atoms with Crippen LogP contribution in [-0.2, 0) is 0 Å². The Morgan fingerprint density at radius 3 is 2.75 bits per heavy atom. The van der Waals surface area contributed by atoms with Crippen LogP contribution in [0.2, 0.25) is 10.0 Å². The highest BCUT2D eigenvalue weighted by atomic mass is 35.5. The van der Waals surface area contributed by atoms with Gasteiger partial charge in [-0.1, -0.05) is 35.3 Å². The molecule has 1 aliphatic rings. The highest BCUT2D eigenvalue weighted by molar-refractivity contribution is 6.42. The monoisotopic (exact) mass is 309 g/mol. The van der Waals surface area contributed by atoms with Crippen LogP contribution in [-0.4, -0.2) is 6.79 Å². The van der Waals surface area contributed by atoms with E-state index in [0.29, 0.717) is 10.0 Å². The van der Waals surface area contributed by atoms with E-state index < -0.39 is 0 Å². The van der Waals surface area contributed by atoms with Gasteiger partial charge in [-0.25, -0.2) is 0 Å². The number of fused-ring (bicyclic) bond motifs is 1. The van der Waals surface area contributed by atoms with Crippen LogP contribution in [0.4, 0.5) is 5.69 Å². The molecule has 0 saturated carbocycles. The van der Waals surface area contributed by atoms with E-state index in [4.69, 9.17) is 32.7 Å². The van der Waals surface area contributed by atoms with Gasteiger partial charge in [0.05, 0.1) is 16.1 Å². The first-order chi connectivity index (χ1) is 9.65. The number of nitrogens with one attached hydrogen (secondary N) is 1. The molecule has 1 N–H and O–H groups in total. The summed E-state index contributed by atoms with van der Waals surface area (Å²) in [6, 6.07) is 11.4. The Bertz CT molecular complexity index is 646.